The van der Waals surface area contributed by atoms with Crippen molar-refractivity contribution in [3.05, 3.63) is 0 Å². The van der Waals surface area contributed by atoms with Crippen LogP contribution in [0.3, 0.4) is 0 Å². The summed E-state index contributed by atoms with van der Waals surface area (Å²) in [5.74, 6) is 0.787. The highest BCUT2D eigenvalue weighted by molar-refractivity contribution is 5.70. The number of rotatable bonds is 2. The Morgan fingerprint density at radius 2 is 2.15 bits per heavy atom. The molecule has 0 saturated heterocycles. The number of hydrogen-bond donors (Lipinski definition) is 2. The predicted octanol–water partition coefficient (Wildman–Crippen LogP) is 1.08. The highest BCUT2D eigenvalue weighted by Gasteiger charge is 2.44. The van der Waals surface area contributed by atoms with Crippen molar-refractivity contribution >= 4 is 5.97 Å². The van der Waals surface area contributed by atoms with Crippen LogP contribution in [0.15, 0.2) is 0 Å². The molecule has 0 amide bonds. The lowest BCUT2D eigenvalue weighted by Crippen LogP contribution is -2.44. The molecule has 0 heterocycles. The molecule has 4 atom stereocenters. The molecule has 3 N–H and O–H groups in total. The lowest BCUT2D eigenvalue weighted by molar-refractivity contribution is -0.149. The monoisotopic (exact) mass is 183 g/mol. The molecule has 0 aromatic rings. The maximum atomic E-state index is 11.0. The molecule has 3 aliphatic rings. The molecular formula is C10H17NO2. The maximum absolute atomic E-state index is 11.0. The summed E-state index contributed by atoms with van der Waals surface area (Å²) in [5, 5.41) is 9.03. The molecule has 2 bridgehead atoms. The Morgan fingerprint density at radius 1 is 1.38 bits per heavy atom. The molecule has 3 nitrogen and oxygen atoms in total. The molecule has 0 aromatic carbocycles. The fourth-order valence-corrected chi connectivity index (χ4v) is 3.22. The van der Waals surface area contributed by atoms with Crippen molar-refractivity contribution in [2.45, 2.75) is 25.7 Å². The highest BCUT2D eigenvalue weighted by Crippen LogP contribution is 2.47. The van der Waals surface area contributed by atoms with Gasteiger partial charge in [-0.25, -0.2) is 0 Å². The summed E-state index contributed by atoms with van der Waals surface area (Å²) >= 11 is 0. The van der Waals surface area contributed by atoms with Crippen LogP contribution in [-0.2, 0) is 4.79 Å². The fraction of sp³-hybridized carbons (Fsp3) is 0.900. The SMILES string of the molecule is NCC1CC2CCC1C(C(=O)O)C2. The van der Waals surface area contributed by atoms with E-state index in [4.69, 9.17) is 10.8 Å². The van der Waals surface area contributed by atoms with Gasteiger partial charge >= 0.3 is 5.97 Å². The van der Waals surface area contributed by atoms with Crippen molar-refractivity contribution in [3.8, 4) is 0 Å². The lowest BCUT2D eigenvalue weighted by Gasteiger charge is -2.45. The van der Waals surface area contributed by atoms with Crippen LogP contribution in [0, 0.1) is 23.7 Å². The van der Waals surface area contributed by atoms with Crippen LogP contribution in [0.4, 0.5) is 0 Å². The number of nitrogens with two attached hydrogens (primary N) is 1. The van der Waals surface area contributed by atoms with Crippen LogP contribution in [-0.4, -0.2) is 17.6 Å². The van der Waals surface area contributed by atoms with E-state index in [1.54, 1.807) is 0 Å². The van der Waals surface area contributed by atoms with Gasteiger partial charge in [-0.05, 0) is 43.6 Å². The quantitative estimate of drug-likeness (QED) is 0.673. The van der Waals surface area contributed by atoms with Gasteiger partial charge in [-0.1, -0.05) is 6.42 Å². The average Bonchev–Trinajstić information content (AvgIpc) is 2.18. The first-order chi connectivity index (χ1) is 6.22. The Morgan fingerprint density at radius 3 is 2.69 bits per heavy atom. The Hall–Kier alpha value is -0.570. The van der Waals surface area contributed by atoms with E-state index in [2.05, 4.69) is 0 Å². The van der Waals surface area contributed by atoms with Gasteiger partial charge in [0.2, 0.25) is 0 Å². The molecule has 13 heavy (non-hydrogen) atoms. The average molecular weight is 183 g/mol. The van der Waals surface area contributed by atoms with Crippen molar-refractivity contribution in [1.82, 2.24) is 0 Å². The Balaban J connectivity index is 2.12. The zero-order valence-corrected chi connectivity index (χ0v) is 7.78. The third kappa shape index (κ3) is 1.46. The summed E-state index contributed by atoms with van der Waals surface area (Å²) in [4.78, 5) is 11.0. The molecular weight excluding hydrogens is 166 g/mol. The van der Waals surface area contributed by atoms with Gasteiger partial charge in [0.15, 0.2) is 0 Å². The largest absolute Gasteiger partial charge is 0.481 e. The molecule has 4 unspecified atom stereocenters. The van der Waals surface area contributed by atoms with E-state index < -0.39 is 5.97 Å². The van der Waals surface area contributed by atoms with Crippen molar-refractivity contribution in [2.75, 3.05) is 6.54 Å². The minimum atomic E-state index is -0.604. The molecule has 3 aliphatic carbocycles. The minimum absolute atomic E-state index is 0.0963. The Bertz CT molecular complexity index is 217. The van der Waals surface area contributed by atoms with Crippen LogP contribution in [0.5, 0.6) is 0 Å². The zero-order chi connectivity index (χ0) is 9.42. The second kappa shape index (κ2) is 3.29. The minimum Gasteiger partial charge on any atom is -0.481 e. The van der Waals surface area contributed by atoms with Crippen LogP contribution in [0.1, 0.15) is 25.7 Å². The first kappa shape index (κ1) is 9.00. The first-order valence-corrected chi connectivity index (χ1v) is 5.15. The van der Waals surface area contributed by atoms with E-state index in [1.807, 2.05) is 0 Å². The number of hydrogen-bond acceptors (Lipinski definition) is 2. The normalized spacial score (nSPS) is 43.5. The van der Waals surface area contributed by atoms with E-state index in [0.717, 1.165) is 12.8 Å². The second-order valence-electron chi connectivity index (χ2n) is 4.52. The van der Waals surface area contributed by atoms with Gasteiger partial charge in [0.25, 0.3) is 0 Å². The van der Waals surface area contributed by atoms with Crippen molar-refractivity contribution in [3.63, 3.8) is 0 Å². The van der Waals surface area contributed by atoms with E-state index >= 15 is 0 Å². The maximum Gasteiger partial charge on any atom is 0.306 e. The van der Waals surface area contributed by atoms with Gasteiger partial charge in [-0.3, -0.25) is 4.79 Å². The summed E-state index contributed by atoms with van der Waals surface area (Å²) in [6, 6.07) is 0. The first-order valence-electron chi connectivity index (χ1n) is 5.15. The molecule has 0 radical (unpaired) electrons. The van der Waals surface area contributed by atoms with Gasteiger partial charge in [-0.2, -0.15) is 0 Å². The van der Waals surface area contributed by atoms with Crippen LogP contribution in [0.25, 0.3) is 0 Å². The smallest absolute Gasteiger partial charge is 0.306 e. The number of aliphatic carboxylic acids is 1. The standard InChI is InChI=1S/C10H17NO2/c11-5-7-3-6-1-2-8(7)9(4-6)10(12)13/h6-9H,1-5,11H2,(H,12,13). The zero-order valence-electron chi connectivity index (χ0n) is 7.78. The van der Waals surface area contributed by atoms with Gasteiger partial charge in [-0.15, -0.1) is 0 Å². The summed E-state index contributed by atoms with van der Waals surface area (Å²) in [5.41, 5.74) is 5.66. The summed E-state index contributed by atoms with van der Waals surface area (Å²) in [7, 11) is 0. The number of fused-ring (bicyclic) bond motifs is 3. The van der Waals surface area contributed by atoms with E-state index in [0.29, 0.717) is 24.3 Å². The molecule has 74 valence electrons. The summed E-state index contributed by atoms with van der Waals surface area (Å²) in [6.07, 6.45) is 4.38. The van der Waals surface area contributed by atoms with E-state index in [9.17, 15) is 4.79 Å². The Kier molecular flexibility index (Phi) is 2.28. The number of carbonyl (C=O) groups is 1. The van der Waals surface area contributed by atoms with Crippen LogP contribution >= 0.6 is 0 Å². The fourth-order valence-electron chi connectivity index (χ4n) is 3.22. The number of carboxylic acids is 1. The second-order valence-corrected chi connectivity index (χ2v) is 4.52. The van der Waals surface area contributed by atoms with Crippen molar-refractivity contribution in [1.29, 1.82) is 0 Å². The summed E-state index contributed by atoms with van der Waals surface area (Å²) < 4.78 is 0. The van der Waals surface area contributed by atoms with E-state index in [-0.39, 0.29) is 5.92 Å². The van der Waals surface area contributed by atoms with Gasteiger partial charge in [0, 0.05) is 0 Å². The topological polar surface area (TPSA) is 63.3 Å². The van der Waals surface area contributed by atoms with E-state index in [1.165, 1.54) is 12.8 Å². The number of carboxylic acid groups (broad SMARTS) is 1. The van der Waals surface area contributed by atoms with Crippen molar-refractivity contribution < 1.29 is 9.90 Å². The third-order valence-electron chi connectivity index (χ3n) is 3.87. The molecule has 3 saturated carbocycles. The van der Waals surface area contributed by atoms with Crippen LogP contribution < -0.4 is 5.73 Å². The highest BCUT2D eigenvalue weighted by atomic mass is 16.4. The predicted molar refractivity (Wildman–Crippen MR) is 49.1 cm³/mol. The van der Waals surface area contributed by atoms with Gasteiger partial charge in [0.1, 0.15) is 0 Å². The van der Waals surface area contributed by atoms with Crippen LogP contribution in [0.2, 0.25) is 0 Å². The van der Waals surface area contributed by atoms with Crippen molar-refractivity contribution in [2.24, 2.45) is 29.4 Å². The van der Waals surface area contributed by atoms with Gasteiger partial charge in [0.05, 0.1) is 5.92 Å². The molecule has 0 aromatic heterocycles. The Labute approximate surface area is 78.3 Å². The molecule has 3 fully saturated rings. The molecule has 0 aliphatic heterocycles. The molecule has 3 rings (SSSR count). The lowest BCUT2D eigenvalue weighted by atomic mass is 9.59. The molecule has 0 spiro atoms. The third-order valence-corrected chi connectivity index (χ3v) is 3.87. The summed E-state index contributed by atoms with van der Waals surface area (Å²) in [6.45, 7) is 0.672. The molecule has 3 heteroatoms. The van der Waals surface area contributed by atoms with Gasteiger partial charge < -0.3 is 10.8 Å².